The molecule has 3 N–H and O–H groups in total. The fourth-order valence-corrected chi connectivity index (χ4v) is 4.10. The van der Waals surface area contributed by atoms with E-state index in [9.17, 15) is 14.7 Å². The second kappa shape index (κ2) is 8.31. The number of fused-ring (bicyclic) bond motifs is 1. The number of thioether (sulfide) groups is 1. The molecule has 0 radical (unpaired) electrons. The van der Waals surface area contributed by atoms with Crippen LogP contribution in [0.2, 0.25) is 0 Å². The van der Waals surface area contributed by atoms with Gasteiger partial charge in [-0.15, -0.1) is 0 Å². The highest BCUT2D eigenvalue weighted by Crippen LogP contribution is 2.31. The van der Waals surface area contributed by atoms with Gasteiger partial charge in [0.15, 0.2) is 10.7 Å². The Hall–Kier alpha value is -2.76. The van der Waals surface area contributed by atoms with E-state index in [2.05, 4.69) is 20.3 Å². The minimum atomic E-state index is -2.06. The number of benzene rings is 1. The summed E-state index contributed by atoms with van der Waals surface area (Å²) in [5, 5.41) is 23.3. The Balaban J connectivity index is 1.72. The maximum atomic E-state index is 12.3. The minimum absolute atomic E-state index is 0.0625. The van der Waals surface area contributed by atoms with E-state index >= 15 is 0 Å². The lowest BCUT2D eigenvalue weighted by Crippen LogP contribution is -2.30. The zero-order chi connectivity index (χ0) is 21.2. The Morgan fingerprint density at radius 1 is 1.34 bits per heavy atom. The number of thiazole rings is 1. The van der Waals surface area contributed by atoms with Gasteiger partial charge in [0.05, 0.1) is 23.3 Å². The van der Waals surface area contributed by atoms with Crippen LogP contribution in [0.3, 0.4) is 0 Å². The molecule has 152 valence electrons. The van der Waals surface area contributed by atoms with Crippen LogP contribution in [0.1, 0.15) is 17.6 Å². The van der Waals surface area contributed by atoms with Crippen LogP contribution in [0.5, 0.6) is 5.75 Å². The number of hydrogen-bond acceptors (Lipinski definition) is 9. The monoisotopic (exact) mass is 434 g/mol. The van der Waals surface area contributed by atoms with Crippen molar-refractivity contribution in [1.29, 1.82) is 0 Å². The van der Waals surface area contributed by atoms with Crippen molar-refractivity contribution >= 4 is 51.0 Å². The van der Waals surface area contributed by atoms with Crippen LogP contribution < -0.4 is 10.1 Å². The standard InChI is InChI=1S/C18H18N4O5S2/c1-9-20-12-5-4-10(27-3)6-11(12)15(21-9)28-8-14(23)22-17-19-7-13(29-17)18(2,26)16(24)25/h4-7,26H,8H2,1-3H3,(H,24,25)(H,19,22,23). The second-order valence-electron chi connectivity index (χ2n) is 6.20. The number of carbonyl (C=O) groups excluding carboxylic acids is 1. The third-order valence-electron chi connectivity index (χ3n) is 3.97. The maximum Gasteiger partial charge on any atom is 0.341 e. The SMILES string of the molecule is COc1ccc2nc(C)nc(SCC(=O)Nc3ncc(C(C)(O)C(=O)O)s3)c2c1. The molecule has 3 aromatic rings. The molecule has 2 aromatic heterocycles. The van der Waals surface area contributed by atoms with E-state index in [1.54, 1.807) is 14.0 Å². The summed E-state index contributed by atoms with van der Waals surface area (Å²) in [5.41, 5.74) is -1.31. The van der Waals surface area contributed by atoms with Crippen molar-refractivity contribution < 1.29 is 24.5 Å². The summed E-state index contributed by atoms with van der Waals surface area (Å²) in [5.74, 6) is -0.412. The van der Waals surface area contributed by atoms with Gasteiger partial charge >= 0.3 is 5.97 Å². The summed E-state index contributed by atoms with van der Waals surface area (Å²) < 4.78 is 5.25. The summed E-state index contributed by atoms with van der Waals surface area (Å²) in [6, 6.07) is 5.45. The number of rotatable bonds is 7. The van der Waals surface area contributed by atoms with Crippen molar-refractivity contribution in [1.82, 2.24) is 15.0 Å². The number of carboxylic acids is 1. The molecule has 0 aliphatic rings. The Morgan fingerprint density at radius 2 is 2.10 bits per heavy atom. The molecule has 1 unspecified atom stereocenters. The molecule has 1 amide bonds. The summed E-state index contributed by atoms with van der Waals surface area (Å²) in [7, 11) is 1.57. The lowest BCUT2D eigenvalue weighted by Gasteiger charge is -2.14. The first-order valence-electron chi connectivity index (χ1n) is 8.38. The number of carbonyl (C=O) groups is 2. The number of carboxylic acid groups (broad SMARTS) is 1. The van der Waals surface area contributed by atoms with Crippen molar-refractivity contribution in [3.05, 3.63) is 35.1 Å². The van der Waals surface area contributed by atoms with Crippen molar-refractivity contribution in [2.45, 2.75) is 24.5 Å². The van der Waals surface area contributed by atoms with Gasteiger partial charge < -0.3 is 20.3 Å². The smallest absolute Gasteiger partial charge is 0.341 e. The number of aromatic nitrogens is 3. The average Bonchev–Trinajstić information content (AvgIpc) is 3.14. The summed E-state index contributed by atoms with van der Waals surface area (Å²) >= 11 is 2.15. The number of aliphatic carboxylic acids is 1. The topological polar surface area (TPSA) is 135 Å². The van der Waals surface area contributed by atoms with Crippen LogP contribution in [0.25, 0.3) is 10.9 Å². The predicted octanol–water partition coefficient (Wildman–Crippen LogP) is 2.43. The van der Waals surface area contributed by atoms with Crippen molar-refractivity contribution in [2.24, 2.45) is 0 Å². The van der Waals surface area contributed by atoms with Gasteiger partial charge in [-0.1, -0.05) is 23.1 Å². The molecular weight excluding hydrogens is 416 g/mol. The Kier molecular flexibility index (Phi) is 6.01. The highest BCUT2D eigenvalue weighted by Gasteiger charge is 2.34. The molecule has 0 aliphatic heterocycles. The van der Waals surface area contributed by atoms with Gasteiger partial charge in [0.1, 0.15) is 16.6 Å². The second-order valence-corrected chi connectivity index (χ2v) is 8.20. The van der Waals surface area contributed by atoms with E-state index in [4.69, 9.17) is 9.84 Å². The normalized spacial score (nSPS) is 13.1. The minimum Gasteiger partial charge on any atom is -0.497 e. The molecule has 0 aliphatic carbocycles. The molecule has 3 rings (SSSR count). The lowest BCUT2D eigenvalue weighted by atomic mass is 10.1. The van der Waals surface area contributed by atoms with E-state index in [1.807, 2.05) is 18.2 Å². The zero-order valence-corrected chi connectivity index (χ0v) is 17.4. The molecule has 0 bridgehead atoms. The van der Waals surface area contributed by atoms with Crippen LogP contribution in [0.15, 0.2) is 29.4 Å². The number of amides is 1. The zero-order valence-electron chi connectivity index (χ0n) is 15.8. The fraction of sp³-hybridized carbons (Fsp3) is 0.278. The van der Waals surface area contributed by atoms with E-state index in [1.165, 1.54) is 18.0 Å². The number of methoxy groups -OCH3 is 1. The van der Waals surface area contributed by atoms with Crippen LogP contribution >= 0.6 is 23.1 Å². The van der Waals surface area contributed by atoms with Gasteiger partial charge in [-0.2, -0.15) is 0 Å². The number of anilines is 1. The number of nitrogens with zero attached hydrogens (tertiary/aromatic N) is 3. The summed E-state index contributed by atoms with van der Waals surface area (Å²) in [4.78, 5) is 36.3. The first kappa shape index (κ1) is 21.0. The number of ether oxygens (including phenoxy) is 1. The molecule has 29 heavy (non-hydrogen) atoms. The Bertz CT molecular complexity index is 1080. The quantitative estimate of drug-likeness (QED) is 0.378. The maximum absolute atomic E-state index is 12.3. The summed E-state index contributed by atoms with van der Waals surface area (Å²) in [6.45, 7) is 2.93. The van der Waals surface area contributed by atoms with Crippen LogP contribution in [-0.4, -0.2) is 49.9 Å². The molecule has 1 atom stereocenters. The number of hydrogen-bond donors (Lipinski definition) is 3. The molecular formula is C18H18N4O5S2. The van der Waals surface area contributed by atoms with Gasteiger partial charge in [0.25, 0.3) is 0 Å². The highest BCUT2D eigenvalue weighted by atomic mass is 32.2. The molecule has 2 heterocycles. The van der Waals surface area contributed by atoms with Gasteiger partial charge in [-0.25, -0.2) is 19.7 Å². The van der Waals surface area contributed by atoms with Gasteiger partial charge in [-0.3, -0.25) is 4.79 Å². The van der Waals surface area contributed by atoms with Crippen LogP contribution in [0.4, 0.5) is 5.13 Å². The predicted molar refractivity (Wildman–Crippen MR) is 110 cm³/mol. The molecule has 9 nitrogen and oxygen atoms in total. The Morgan fingerprint density at radius 3 is 2.79 bits per heavy atom. The molecule has 11 heteroatoms. The van der Waals surface area contributed by atoms with Gasteiger partial charge in [0, 0.05) is 11.6 Å². The first-order chi connectivity index (χ1) is 13.7. The van der Waals surface area contributed by atoms with E-state index in [0.717, 1.165) is 29.2 Å². The molecule has 0 spiro atoms. The van der Waals surface area contributed by atoms with Gasteiger partial charge in [0.2, 0.25) is 5.91 Å². The third kappa shape index (κ3) is 4.63. The number of nitrogens with one attached hydrogen (secondary N) is 1. The Labute approximate surface area is 174 Å². The van der Waals surface area contributed by atoms with Crippen LogP contribution in [-0.2, 0) is 15.2 Å². The van der Waals surface area contributed by atoms with Crippen molar-refractivity contribution in [2.75, 3.05) is 18.2 Å². The molecule has 0 fully saturated rings. The van der Waals surface area contributed by atoms with E-state index in [-0.39, 0.29) is 21.7 Å². The van der Waals surface area contributed by atoms with Crippen molar-refractivity contribution in [3.63, 3.8) is 0 Å². The fourth-order valence-electron chi connectivity index (χ4n) is 2.38. The van der Waals surface area contributed by atoms with Crippen LogP contribution in [0, 0.1) is 6.92 Å². The first-order valence-corrected chi connectivity index (χ1v) is 10.2. The molecule has 0 saturated carbocycles. The highest BCUT2D eigenvalue weighted by molar-refractivity contribution is 8.00. The number of aliphatic hydroxyl groups is 1. The lowest BCUT2D eigenvalue weighted by molar-refractivity contribution is -0.157. The van der Waals surface area contributed by atoms with Crippen molar-refractivity contribution in [3.8, 4) is 5.75 Å². The van der Waals surface area contributed by atoms with E-state index < -0.39 is 11.6 Å². The van der Waals surface area contributed by atoms with E-state index in [0.29, 0.717) is 16.6 Å². The number of aryl methyl sites for hydroxylation is 1. The summed E-state index contributed by atoms with van der Waals surface area (Å²) in [6.07, 6.45) is 1.23. The molecule has 1 aromatic carbocycles. The average molecular weight is 434 g/mol. The van der Waals surface area contributed by atoms with Gasteiger partial charge in [-0.05, 0) is 32.0 Å². The molecule has 0 saturated heterocycles. The third-order valence-corrected chi connectivity index (χ3v) is 6.08. The largest absolute Gasteiger partial charge is 0.497 e.